The van der Waals surface area contributed by atoms with E-state index >= 15 is 0 Å². The third kappa shape index (κ3) is 3.33. The van der Waals surface area contributed by atoms with E-state index in [-0.39, 0.29) is 31.8 Å². The topological polar surface area (TPSA) is 90.6 Å². The number of likely N-dealkylation sites (tertiary alicyclic amines) is 1. The summed E-state index contributed by atoms with van der Waals surface area (Å²) in [6.07, 6.45) is -4.35. The van der Waals surface area contributed by atoms with Crippen LogP contribution in [0.15, 0.2) is 6.20 Å². The molecule has 1 fully saturated rings. The van der Waals surface area contributed by atoms with Gasteiger partial charge in [0.1, 0.15) is 0 Å². The summed E-state index contributed by atoms with van der Waals surface area (Å²) in [6, 6.07) is -1.17. The standard InChI is InChI=1S/C12H17F3N4O3/c1-18-10(9(3-17-18)12(13,14)15)4-16-11(22)19-5-8(21)2-7(19)6-20/h3,7-8,20-21H,2,4-6H2,1H3,(H,16,22)/t7-,8-/m0/s1. The number of nitrogens with zero attached hydrogens (tertiary/aromatic N) is 3. The fraction of sp³-hybridized carbons (Fsp3) is 0.667. The lowest BCUT2D eigenvalue weighted by Crippen LogP contribution is -2.44. The van der Waals surface area contributed by atoms with Crippen molar-refractivity contribution in [3.63, 3.8) is 0 Å². The Balaban J connectivity index is 2.04. The van der Waals surface area contributed by atoms with E-state index in [1.54, 1.807) is 0 Å². The molecule has 22 heavy (non-hydrogen) atoms. The highest BCUT2D eigenvalue weighted by Crippen LogP contribution is 2.31. The van der Waals surface area contributed by atoms with Crippen molar-refractivity contribution in [1.82, 2.24) is 20.0 Å². The minimum atomic E-state index is -4.55. The van der Waals surface area contributed by atoms with Crippen LogP contribution in [-0.2, 0) is 19.8 Å². The van der Waals surface area contributed by atoms with E-state index in [2.05, 4.69) is 10.4 Å². The number of hydrogen-bond acceptors (Lipinski definition) is 4. The van der Waals surface area contributed by atoms with Crippen molar-refractivity contribution in [2.45, 2.75) is 31.3 Å². The smallest absolute Gasteiger partial charge is 0.394 e. The summed E-state index contributed by atoms with van der Waals surface area (Å²) in [5.74, 6) is 0. The fourth-order valence-electron chi connectivity index (χ4n) is 2.48. The van der Waals surface area contributed by atoms with E-state index in [0.717, 1.165) is 4.68 Å². The van der Waals surface area contributed by atoms with Gasteiger partial charge in [0.2, 0.25) is 0 Å². The SMILES string of the molecule is Cn1ncc(C(F)(F)F)c1CNC(=O)N1C[C@@H](O)C[C@H]1CO. The van der Waals surface area contributed by atoms with Gasteiger partial charge >= 0.3 is 12.2 Å². The number of alkyl halides is 3. The molecule has 0 aliphatic carbocycles. The average molecular weight is 322 g/mol. The van der Waals surface area contributed by atoms with Crippen molar-refractivity contribution in [1.29, 1.82) is 0 Å². The summed E-state index contributed by atoms with van der Waals surface area (Å²) >= 11 is 0. The molecular formula is C12H17F3N4O3. The van der Waals surface area contributed by atoms with Gasteiger partial charge in [0.15, 0.2) is 0 Å². The third-order valence-electron chi connectivity index (χ3n) is 3.64. The van der Waals surface area contributed by atoms with Gasteiger partial charge in [0.05, 0.1) is 42.8 Å². The Kier molecular flexibility index (Phi) is 4.61. The van der Waals surface area contributed by atoms with E-state index < -0.39 is 29.9 Å². The number of carbonyl (C=O) groups excluding carboxylic acids is 1. The number of aliphatic hydroxyl groups is 2. The molecule has 3 N–H and O–H groups in total. The molecule has 0 saturated carbocycles. The predicted octanol–water partition coefficient (Wildman–Crippen LogP) is 0.0760. The molecule has 1 aliphatic heterocycles. The molecule has 0 aromatic carbocycles. The van der Waals surface area contributed by atoms with Crippen LogP contribution in [0.1, 0.15) is 17.7 Å². The number of urea groups is 1. The Hall–Kier alpha value is -1.81. The zero-order valence-corrected chi connectivity index (χ0v) is 11.8. The quantitative estimate of drug-likeness (QED) is 0.735. The Morgan fingerprint density at radius 3 is 2.82 bits per heavy atom. The van der Waals surface area contributed by atoms with Crippen LogP contribution in [0.4, 0.5) is 18.0 Å². The Morgan fingerprint density at radius 1 is 1.55 bits per heavy atom. The van der Waals surface area contributed by atoms with Crippen LogP contribution in [0.25, 0.3) is 0 Å². The molecule has 0 spiro atoms. The summed E-state index contributed by atoms with van der Waals surface area (Å²) in [7, 11) is 1.35. The minimum Gasteiger partial charge on any atom is -0.394 e. The van der Waals surface area contributed by atoms with E-state index in [1.165, 1.54) is 11.9 Å². The summed E-state index contributed by atoms with van der Waals surface area (Å²) in [5, 5.41) is 24.6. The van der Waals surface area contributed by atoms with Gasteiger partial charge in [-0.2, -0.15) is 18.3 Å². The second-order valence-electron chi connectivity index (χ2n) is 5.16. The molecule has 1 saturated heterocycles. The van der Waals surface area contributed by atoms with Gasteiger partial charge in [0, 0.05) is 13.6 Å². The molecule has 0 unspecified atom stereocenters. The number of aliphatic hydroxyl groups excluding tert-OH is 2. The number of rotatable bonds is 3. The van der Waals surface area contributed by atoms with Crippen LogP contribution >= 0.6 is 0 Å². The van der Waals surface area contributed by atoms with Crippen LogP contribution in [-0.4, -0.2) is 56.2 Å². The molecule has 7 nitrogen and oxygen atoms in total. The predicted molar refractivity (Wildman–Crippen MR) is 68.6 cm³/mol. The highest BCUT2D eigenvalue weighted by atomic mass is 19.4. The Labute approximate surface area is 124 Å². The second-order valence-corrected chi connectivity index (χ2v) is 5.16. The summed E-state index contributed by atoms with van der Waals surface area (Å²) in [4.78, 5) is 13.2. The normalized spacial score (nSPS) is 22.2. The highest BCUT2D eigenvalue weighted by Gasteiger charge is 2.37. The molecule has 2 atom stereocenters. The average Bonchev–Trinajstić information content (AvgIpc) is 2.98. The maximum atomic E-state index is 12.8. The molecule has 10 heteroatoms. The van der Waals surface area contributed by atoms with Crippen LogP contribution in [0.3, 0.4) is 0 Å². The van der Waals surface area contributed by atoms with E-state index in [0.29, 0.717) is 6.20 Å². The Bertz CT molecular complexity index is 546. The number of nitrogens with one attached hydrogen (secondary N) is 1. The molecule has 124 valence electrons. The molecule has 1 aromatic heterocycles. The number of halogens is 3. The third-order valence-corrected chi connectivity index (χ3v) is 3.64. The van der Waals surface area contributed by atoms with Crippen LogP contribution < -0.4 is 5.32 Å². The first kappa shape index (κ1) is 16.6. The van der Waals surface area contributed by atoms with E-state index in [1.807, 2.05) is 0 Å². The van der Waals surface area contributed by atoms with Crippen molar-refractivity contribution in [2.24, 2.45) is 7.05 Å². The maximum Gasteiger partial charge on any atom is 0.419 e. The summed E-state index contributed by atoms with van der Waals surface area (Å²) < 4.78 is 39.5. The Morgan fingerprint density at radius 2 is 2.23 bits per heavy atom. The molecule has 2 heterocycles. The summed E-state index contributed by atoms with van der Waals surface area (Å²) in [5.41, 5.74) is -1.07. The number of hydrogen-bond donors (Lipinski definition) is 3. The molecule has 1 aromatic rings. The van der Waals surface area contributed by atoms with Crippen molar-refractivity contribution in [3.8, 4) is 0 Å². The van der Waals surface area contributed by atoms with Crippen LogP contribution in [0.5, 0.6) is 0 Å². The zero-order valence-electron chi connectivity index (χ0n) is 11.8. The number of aromatic nitrogens is 2. The number of aryl methyl sites for hydroxylation is 1. The first-order valence-corrected chi connectivity index (χ1v) is 6.65. The van der Waals surface area contributed by atoms with Gasteiger partial charge in [-0.05, 0) is 6.42 Å². The molecule has 2 rings (SSSR count). The van der Waals surface area contributed by atoms with Crippen LogP contribution in [0, 0.1) is 0 Å². The molecule has 0 radical (unpaired) electrons. The lowest BCUT2D eigenvalue weighted by Gasteiger charge is -2.23. The van der Waals surface area contributed by atoms with Crippen molar-refractivity contribution in [3.05, 3.63) is 17.5 Å². The lowest BCUT2D eigenvalue weighted by molar-refractivity contribution is -0.138. The van der Waals surface area contributed by atoms with Gasteiger partial charge in [-0.3, -0.25) is 4.68 Å². The minimum absolute atomic E-state index is 0.0363. The lowest BCUT2D eigenvalue weighted by atomic mass is 10.2. The van der Waals surface area contributed by atoms with E-state index in [4.69, 9.17) is 5.11 Å². The molecule has 0 bridgehead atoms. The second kappa shape index (κ2) is 6.13. The van der Waals surface area contributed by atoms with Crippen LogP contribution in [0.2, 0.25) is 0 Å². The molecule has 1 aliphatic rings. The van der Waals surface area contributed by atoms with Gasteiger partial charge < -0.3 is 20.4 Å². The van der Waals surface area contributed by atoms with Gasteiger partial charge in [-0.25, -0.2) is 4.79 Å². The zero-order chi connectivity index (χ0) is 16.5. The van der Waals surface area contributed by atoms with Gasteiger partial charge in [0.25, 0.3) is 0 Å². The monoisotopic (exact) mass is 322 g/mol. The number of β-amino-alcohol motifs (C(OH)–C–C–N with tert-alkyl or cyclic N) is 1. The molecular weight excluding hydrogens is 305 g/mol. The summed E-state index contributed by atoms with van der Waals surface area (Å²) in [6.45, 7) is -0.631. The van der Waals surface area contributed by atoms with Crippen molar-refractivity contribution in [2.75, 3.05) is 13.2 Å². The first-order valence-electron chi connectivity index (χ1n) is 6.65. The van der Waals surface area contributed by atoms with E-state index in [9.17, 15) is 23.1 Å². The van der Waals surface area contributed by atoms with Crippen molar-refractivity contribution < 1.29 is 28.2 Å². The largest absolute Gasteiger partial charge is 0.419 e. The van der Waals surface area contributed by atoms with Gasteiger partial charge in [-0.1, -0.05) is 0 Å². The highest BCUT2D eigenvalue weighted by molar-refractivity contribution is 5.75. The fourth-order valence-corrected chi connectivity index (χ4v) is 2.48. The molecule has 2 amide bonds. The number of amides is 2. The first-order chi connectivity index (χ1) is 10.2. The van der Waals surface area contributed by atoms with Gasteiger partial charge in [-0.15, -0.1) is 0 Å². The maximum absolute atomic E-state index is 12.8. The van der Waals surface area contributed by atoms with Crippen molar-refractivity contribution >= 4 is 6.03 Å². The number of carbonyl (C=O) groups is 1.